The molecule has 1 heterocycles. The molecule has 0 saturated heterocycles. The Morgan fingerprint density at radius 2 is 1.73 bits per heavy atom. The zero-order valence-corrected chi connectivity index (χ0v) is 11.3. The first-order chi connectivity index (χ1) is 10.4. The third-order valence-corrected chi connectivity index (χ3v) is 3.18. The van der Waals surface area contributed by atoms with E-state index in [0.29, 0.717) is 22.3 Å². The van der Waals surface area contributed by atoms with Crippen LogP contribution in [-0.4, -0.2) is 11.3 Å². The maximum atomic E-state index is 12.4. The van der Waals surface area contributed by atoms with Crippen molar-refractivity contribution in [1.82, 2.24) is 4.98 Å². The molecule has 0 fully saturated rings. The molecule has 22 heavy (non-hydrogen) atoms. The quantitative estimate of drug-likeness (QED) is 0.715. The Morgan fingerprint density at radius 1 is 0.955 bits per heavy atom. The second kappa shape index (κ2) is 5.22. The minimum Gasteiger partial charge on any atom is -0.406 e. The monoisotopic (exact) mass is 304 g/mol. The Balaban J connectivity index is 2.16. The number of fused-ring (bicyclic) bond motifs is 1. The van der Waals surface area contributed by atoms with Gasteiger partial charge in [0.15, 0.2) is 0 Å². The molecule has 0 saturated carbocycles. The van der Waals surface area contributed by atoms with Gasteiger partial charge in [-0.1, -0.05) is 24.3 Å². The van der Waals surface area contributed by atoms with Crippen LogP contribution in [0, 0.1) is 0 Å². The lowest BCUT2D eigenvalue weighted by atomic mass is 10.0. The number of nitrogen functional groups attached to an aromatic ring is 1. The molecule has 112 valence electrons. The van der Waals surface area contributed by atoms with Crippen LogP contribution >= 0.6 is 0 Å². The number of hydrogen-bond donors (Lipinski definition) is 1. The van der Waals surface area contributed by atoms with Crippen LogP contribution in [-0.2, 0) is 0 Å². The van der Waals surface area contributed by atoms with E-state index in [-0.39, 0.29) is 5.75 Å². The molecule has 0 atom stereocenters. The average molecular weight is 304 g/mol. The first-order valence-electron chi connectivity index (χ1n) is 6.43. The zero-order valence-electron chi connectivity index (χ0n) is 11.3. The third kappa shape index (κ3) is 2.81. The molecule has 0 aliphatic carbocycles. The topological polar surface area (TPSA) is 48.1 Å². The molecular formula is C16H11F3N2O. The fourth-order valence-electron chi connectivity index (χ4n) is 2.29. The normalized spacial score (nSPS) is 11.6. The molecule has 2 N–H and O–H groups in total. The van der Waals surface area contributed by atoms with Gasteiger partial charge < -0.3 is 10.5 Å². The number of anilines is 1. The van der Waals surface area contributed by atoms with E-state index >= 15 is 0 Å². The number of hydrogen-bond acceptors (Lipinski definition) is 3. The van der Waals surface area contributed by atoms with Gasteiger partial charge >= 0.3 is 6.36 Å². The van der Waals surface area contributed by atoms with Gasteiger partial charge in [-0.2, -0.15) is 0 Å². The van der Waals surface area contributed by atoms with E-state index in [0.717, 1.165) is 5.39 Å². The molecule has 0 spiro atoms. The summed E-state index contributed by atoms with van der Waals surface area (Å²) >= 11 is 0. The van der Waals surface area contributed by atoms with E-state index in [4.69, 9.17) is 5.73 Å². The van der Waals surface area contributed by atoms with E-state index in [1.54, 1.807) is 24.4 Å². The van der Waals surface area contributed by atoms with Gasteiger partial charge in [-0.15, -0.1) is 13.2 Å². The number of nitrogens with two attached hydrogens (primary N) is 1. The van der Waals surface area contributed by atoms with Crippen molar-refractivity contribution in [2.75, 3.05) is 5.73 Å². The van der Waals surface area contributed by atoms with Gasteiger partial charge in [-0.3, -0.25) is 4.98 Å². The maximum absolute atomic E-state index is 12.4. The van der Waals surface area contributed by atoms with Crippen molar-refractivity contribution >= 4 is 16.6 Å². The van der Waals surface area contributed by atoms with Gasteiger partial charge in [0.05, 0.1) is 5.52 Å². The Kier molecular flexibility index (Phi) is 3.36. The molecule has 0 unspecified atom stereocenters. The molecule has 6 heteroatoms. The van der Waals surface area contributed by atoms with Gasteiger partial charge in [-0.25, -0.2) is 0 Å². The molecule has 0 radical (unpaired) electrons. The molecule has 0 bridgehead atoms. The van der Waals surface area contributed by atoms with Gasteiger partial charge in [0.2, 0.25) is 0 Å². The summed E-state index contributed by atoms with van der Waals surface area (Å²) in [6, 6.07) is 12.9. The lowest BCUT2D eigenvalue weighted by Gasteiger charge is -2.13. The predicted molar refractivity (Wildman–Crippen MR) is 78.3 cm³/mol. The van der Waals surface area contributed by atoms with Crippen LogP contribution in [0.5, 0.6) is 5.75 Å². The number of benzene rings is 2. The van der Waals surface area contributed by atoms with Crippen molar-refractivity contribution in [2.24, 2.45) is 0 Å². The largest absolute Gasteiger partial charge is 0.573 e. The summed E-state index contributed by atoms with van der Waals surface area (Å²) in [6.07, 6.45) is -3.12. The highest BCUT2D eigenvalue weighted by Gasteiger charge is 2.31. The van der Waals surface area contributed by atoms with E-state index < -0.39 is 6.36 Å². The van der Waals surface area contributed by atoms with Crippen LogP contribution in [0.25, 0.3) is 22.0 Å². The summed E-state index contributed by atoms with van der Waals surface area (Å²) in [4.78, 5) is 4.28. The Hall–Kier alpha value is -2.76. The highest BCUT2D eigenvalue weighted by Crippen LogP contribution is 2.35. The summed E-state index contributed by atoms with van der Waals surface area (Å²) in [7, 11) is 0. The lowest BCUT2D eigenvalue weighted by Crippen LogP contribution is -2.17. The second-order valence-corrected chi connectivity index (χ2v) is 4.68. The molecule has 3 rings (SSSR count). The Bertz CT molecular complexity index is 826. The lowest BCUT2D eigenvalue weighted by molar-refractivity contribution is -0.274. The molecule has 3 aromatic rings. The van der Waals surface area contributed by atoms with Crippen molar-refractivity contribution in [1.29, 1.82) is 0 Å². The number of alkyl halides is 3. The first kappa shape index (κ1) is 14.2. The minimum absolute atomic E-state index is 0.315. The Morgan fingerprint density at radius 3 is 2.50 bits per heavy atom. The highest BCUT2D eigenvalue weighted by molar-refractivity contribution is 5.96. The summed E-state index contributed by atoms with van der Waals surface area (Å²) < 4.78 is 41.0. The minimum atomic E-state index is -4.75. The molecule has 1 aromatic heterocycles. The number of pyridine rings is 1. The van der Waals surface area contributed by atoms with E-state index in [2.05, 4.69) is 9.72 Å². The molecule has 0 aliphatic rings. The van der Waals surface area contributed by atoms with Crippen LogP contribution in [0.1, 0.15) is 0 Å². The molecule has 0 aliphatic heterocycles. The SMILES string of the molecule is Nc1ccc(OC(F)(F)F)cc1-c1cccc2cccnc12. The van der Waals surface area contributed by atoms with Crippen LogP contribution in [0.4, 0.5) is 18.9 Å². The van der Waals surface area contributed by atoms with Crippen molar-refractivity contribution in [2.45, 2.75) is 6.36 Å². The van der Waals surface area contributed by atoms with Crippen LogP contribution in [0.2, 0.25) is 0 Å². The standard InChI is InChI=1S/C16H11F3N2O/c17-16(18,19)22-11-6-7-14(20)13(9-11)12-5-1-3-10-4-2-8-21-15(10)12/h1-9H,20H2. The van der Waals surface area contributed by atoms with E-state index in [9.17, 15) is 13.2 Å². The average Bonchev–Trinajstić information content (AvgIpc) is 2.47. The van der Waals surface area contributed by atoms with E-state index in [1.807, 2.05) is 12.1 Å². The summed E-state index contributed by atoms with van der Waals surface area (Å²) in [5, 5.41) is 0.876. The summed E-state index contributed by atoms with van der Waals surface area (Å²) in [5.74, 6) is -0.315. The fraction of sp³-hybridized carbons (Fsp3) is 0.0625. The zero-order chi connectivity index (χ0) is 15.7. The van der Waals surface area contributed by atoms with Crippen LogP contribution < -0.4 is 10.5 Å². The fourth-order valence-corrected chi connectivity index (χ4v) is 2.29. The summed E-state index contributed by atoms with van der Waals surface area (Å²) in [5.41, 5.74) is 8.04. The number of para-hydroxylation sites is 1. The number of halogens is 3. The second-order valence-electron chi connectivity index (χ2n) is 4.68. The first-order valence-corrected chi connectivity index (χ1v) is 6.43. The highest BCUT2D eigenvalue weighted by atomic mass is 19.4. The van der Waals surface area contributed by atoms with Crippen LogP contribution in [0.3, 0.4) is 0 Å². The third-order valence-electron chi connectivity index (χ3n) is 3.18. The van der Waals surface area contributed by atoms with Crippen LogP contribution in [0.15, 0.2) is 54.7 Å². The molecule has 3 nitrogen and oxygen atoms in total. The molecular weight excluding hydrogens is 293 g/mol. The molecule has 2 aromatic carbocycles. The smallest absolute Gasteiger partial charge is 0.406 e. The van der Waals surface area contributed by atoms with Gasteiger partial charge in [0, 0.05) is 28.4 Å². The van der Waals surface area contributed by atoms with Gasteiger partial charge in [-0.05, 0) is 24.3 Å². The van der Waals surface area contributed by atoms with Gasteiger partial charge in [0.25, 0.3) is 0 Å². The van der Waals surface area contributed by atoms with Crippen molar-refractivity contribution in [3.63, 3.8) is 0 Å². The van der Waals surface area contributed by atoms with Crippen molar-refractivity contribution in [3.8, 4) is 16.9 Å². The molecule has 0 amide bonds. The number of aromatic nitrogens is 1. The number of ether oxygens (including phenoxy) is 1. The maximum Gasteiger partial charge on any atom is 0.573 e. The van der Waals surface area contributed by atoms with Crippen molar-refractivity contribution in [3.05, 3.63) is 54.7 Å². The number of rotatable bonds is 2. The summed E-state index contributed by atoms with van der Waals surface area (Å²) in [6.45, 7) is 0. The van der Waals surface area contributed by atoms with Gasteiger partial charge in [0.1, 0.15) is 5.75 Å². The predicted octanol–water partition coefficient (Wildman–Crippen LogP) is 4.38. The van der Waals surface area contributed by atoms with Crippen molar-refractivity contribution < 1.29 is 17.9 Å². The van der Waals surface area contributed by atoms with E-state index in [1.165, 1.54) is 18.2 Å². The number of nitrogens with zero attached hydrogens (tertiary/aromatic N) is 1. The Labute approximate surface area is 124 Å².